The van der Waals surface area contributed by atoms with Gasteiger partial charge in [-0.3, -0.25) is 9.80 Å². The number of aliphatic hydroxyl groups is 5. The highest BCUT2D eigenvalue weighted by Crippen LogP contribution is 2.08. The number of hydrogen-bond acceptors (Lipinski definition) is 7. The van der Waals surface area contributed by atoms with Gasteiger partial charge in [-0.1, -0.05) is 0 Å². The van der Waals surface area contributed by atoms with Crippen molar-refractivity contribution >= 4 is 5.91 Å². The summed E-state index contributed by atoms with van der Waals surface area (Å²) in [6, 6.07) is -0.399. The highest BCUT2D eigenvalue weighted by molar-refractivity contribution is 5.81. The van der Waals surface area contributed by atoms with Gasteiger partial charge in [0.15, 0.2) is 6.10 Å². The molecule has 0 saturated carbocycles. The molecular formula is C9H20N2O6. The topological polar surface area (TPSA) is 147 Å². The molecule has 0 aromatic rings. The lowest BCUT2D eigenvalue weighted by Gasteiger charge is -2.29. The van der Waals surface area contributed by atoms with Gasteiger partial charge in [-0.15, -0.1) is 0 Å². The van der Waals surface area contributed by atoms with Crippen molar-refractivity contribution in [3.8, 4) is 0 Å². The zero-order valence-corrected chi connectivity index (χ0v) is 9.76. The Morgan fingerprint density at radius 3 is 2.00 bits per heavy atom. The molecule has 8 heteroatoms. The Labute approximate surface area is 98.9 Å². The van der Waals surface area contributed by atoms with Crippen LogP contribution in [-0.4, -0.2) is 73.5 Å². The van der Waals surface area contributed by atoms with Crippen molar-refractivity contribution in [1.29, 1.82) is 0 Å². The summed E-state index contributed by atoms with van der Waals surface area (Å²) in [6.07, 6.45) is -7.41. The maximum absolute atomic E-state index is 11.5. The van der Waals surface area contributed by atoms with Gasteiger partial charge in [-0.05, 0) is 13.8 Å². The number of nitrogens with zero attached hydrogens (tertiary/aromatic N) is 1. The van der Waals surface area contributed by atoms with Gasteiger partial charge >= 0.3 is 0 Å². The van der Waals surface area contributed by atoms with Crippen molar-refractivity contribution in [2.24, 2.45) is 5.84 Å². The van der Waals surface area contributed by atoms with E-state index in [4.69, 9.17) is 16.1 Å². The van der Waals surface area contributed by atoms with E-state index in [0.29, 0.717) is 5.01 Å². The van der Waals surface area contributed by atoms with Gasteiger partial charge in [0.05, 0.1) is 6.61 Å². The molecular weight excluding hydrogens is 232 g/mol. The number of hydrogen-bond donors (Lipinski definition) is 6. The first-order valence-corrected chi connectivity index (χ1v) is 5.14. The predicted octanol–water partition coefficient (Wildman–Crippen LogP) is -3.47. The van der Waals surface area contributed by atoms with Gasteiger partial charge in [0, 0.05) is 6.04 Å². The van der Waals surface area contributed by atoms with Crippen LogP contribution in [0.25, 0.3) is 0 Å². The molecule has 17 heavy (non-hydrogen) atoms. The third-order valence-corrected chi connectivity index (χ3v) is 2.32. The third-order valence-electron chi connectivity index (χ3n) is 2.32. The van der Waals surface area contributed by atoms with Crippen LogP contribution in [0.3, 0.4) is 0 Å². The Bertz CT molecular complexity index is 250. The van der Waals surface area contributed by atoms with E-state index in [2.05, 4.69) is 0 Å². The zero-order valence-electron chi connectivity index (χ0n) is 9.76. The standard InChI is InChI=1S/C9H20N2O6/c1-4(2)11(10)9(17)8(16)7(15)6(14)5(13)3-12/h4-8,12-16H,3,10H2,1-2H3/t5-,6-,7+,8-/m1/s1. The number of aliphatic hydroxyl groups excluding tert-OH is 5. The molecule has 0 unspecified atom stereocenters. The lowest BCUT2D eigenvalue weighted by atomic mass is 10.0. The number of rotatable bonds is 6. The van der Waals surface area contributed by atoms with E-state index < -0.39 is 43.0 Å². The summed E-state index contributed by atoms with van der Waals surface area (Å²) in [7, 11) is 0. The molecule has 0 saturated heterocycles. The molecule has 8 nitrogen and oxygen atoms in total. The maximum Gasteiger partial charge on any atom is 0.268 e. The van der Waals surface area contributed by atoms with E-state index >= 15 is 0 Å². The van der Waals surface area contributed by atoms with Crippen molar-refractivity contribution in [3.63, 3.8) is 0 Å². The minimum absolute atomic E-state index is 0.399. The summed E-state index contributed by atoms with van der Waals surface area (Å²) in [5, 5.41) is 46.5. The van der Waals surface area contributed by atoms with Gasteiger partial charge in [0.2, 0.25) is 0 Å². The average Bonchev–Trinajstić information content (AvgIpc) is 2.32. The van der Waals surface area contributed by atoms with Crippen LogP contribution < -0.4 is 5.84 Å². The lowest BCUT2D eigenvalue weighted by molar-refractivity contribution is -0.160. The second kappa shape index (κ2) is 6.84. The SMILES string of the molecule is CC(C)N(N)C(=O)[C@H](O)[C@@H](O)[C@H](O)[C@H](O)CO. The first kappa shape index (κ1) is 16.2. The largest absolute Gasteiger partial charge is 0.394 e. The van der Waals surface area contributed by atoms with Crippen LogP contribution in [-0.2, 0) is 4.79 Å². The summed E-state index contributed by atoms with van der Waals surface area (Å²) < 4.78 is 0. The number of hydrazine groups is 1. The Balaban J connectivity index is 4.59. The van der Waals surface area contributed by atoms with E-state index in [-0.39, 0.29) is 0 Å². The minimum atomic E-state index is -1.97. The Kier molecular flexibility index (Phi) is 6.53. The molecule has 1 amide bonds. The monoisotopic (exact) mass is 252 g/mol. The summed E-state index contributed by atoms with van der Waals surface area (Å²) in [4.78, 5) is 11.5. The minimum Gasteiger partial charge on any atom is -0.394 e. The van der Waals surface area contributed by atoms with Gasteiger partial charge < -0.3 is 25.5 Å². The van der Waals surface area contributed by atoms with E-state index in [1.165, 1.54) is 0 Å². The van der Waals surface area contributed by atoms with Crippen LogP contribution in [0.2, 0.25) is 0 Å². The van der Waals surface area contributed by atoms with E-state index in [0.717, 1.165) is 0 Å². The molecule has 0 aromatic heterocycles. The van der Waals surface area contributed by atoms with E-state index in [1.807, 2.05) is 0 Å². The van der Waals surface area contributed by atoms with Crippen LogP contribution in [0.15, 0.2) is 0 Å². The van der Waals surface area contributed by atoms with Gasteiger partial charge in [-0.2, -0.15) is 0 Å². The smallest absolute Gasteiger partial charge is 0.268 e. The first-order valence-electron chi connectivity index (χ1n) is 5.14. The molecule has 0 aliphatic carbocycles. The third kappa shape index (κ3) is 4.19. The number of nitrogens with two attached hydrogens (primary N) is 1. The van der Waals surface area contributed by atoms with Crippen LogP contribution in [0.1, 0.15) is 13.8 Å². The average molecular weight is 252 g/mol. The Morgan fingerprint density at radius 1 is 1.18 bits per heavy atom. The van der Waals surface area contributed by atoms with Crippen molar-refractivity contribution in [2.45, 2.75) is 44.3 Å². The molecule has 7 N–H and O–H groups in total. The number of carbonyl (C=O) groups is 1. The predicted molar refractivity (Wildman–Crippen MR) is 57.3 cm³/mol. The Morgan fingerprint density at radius 2 is 1.65 bits per heavy atom. The summed E-state index contributed by atoms with van der Waals surface area (Å²) in [6.45, 7) is 2.38. The number of amides is 1. The van der Waals surface area contributed by atoms with Crippen molar-refractivity contribution in [3.05, 3.63) is 0 Å². The summed E-state index contributed by atoms with van der Waals surface area (Å²) >= 11 is 0. The summed E-state index contributed by atoms with van der Waals surface area (Å²) in [5.74, 6) is 4.34. The fourth-order valence-corrected chi connectivity index (χ4v) is 1.08. The normalized spacial score (nSPS) is 18.6. The van der Waals surface area contributed by atoms with Crippen molar-refractivity contribution < 1.29 is 30.3 Å². The highest BCUT2D eigenvalue weighted by atomic mass is 16.4. The van der Waals surface area contributed by atoms with Gasteiger partial charge in [0.1, 0.15) is 18.3 Å². The van der Waals surface area contributed by atoms with E-state index in [1.54, 1.807) is 13.8 Å². The maximum atomic E-state index is 11.5. The molecule has 102 valence electrons. The molecule has 4 atom stereocenters. The molecule has 0 aliphatic rings. The lowest BCUT2D eigenvalue weighted by Crippen LogP contribution is -2.55. The van der Waals surface area contributed by atoms with Crippen LogP contribution in [0, 0.1) is 0 Å². The fraction of sp³-hybridized carbons (Fsp3) is 0.889. The Hall–Kier alpha value is -0.770. The molecule has 0 aromatic carbocycles. The van der Waals surface area contributed by atoms with Crippen LogP contribution >= 0.6 is 0 Å². The van der Waals surface area contributed by atoms with Crippen LogP contribution in [0.4, 0.5) is 0 Å². The molecule has 0 bridgehead atoms. The second-order valence-corrected chi connectivity index (χ2v) is 4.02. The van der Waals surface area contributed by atoms with Gasteiger partial charge in [-0.25, -0.2) is 5.84 Å². The zero-order chi connectivity index (χ0) is 13.7. The second-order valence-electron chi connectivity index (χ2n) is 4.02. The first-order chi connectivity index (χ1) is 7.73. The van der Waals surface area contributed by atoms with Gasteiger partial charge in [0.25, 0.3) is 5.91 Å². The fourth-order valence-electron chi connectivity index (χ4n) is 1.08. The highest BCUT2D eigenvalue weighted by Gasteiger charge is 2.36. The molecule has 0 fully saturated rings. The van der Waals surface area contributed by atoms with Crippen LogP contribution in [0.5, 0.6) is 0 Å². The van der Waals surface area contributed by atoms with Crippen molar-refractivity contribution in [2.75, 3.05) is 6.61 Å². The molecule has 0 rings (SSSR count). The number of carbonyl (C=O) groups excluding carboxylic acids is 1. The molecule has 0 heterocycles. The molecule has 0 aliphatic heterocycles. The quantitative estimate of drug-likeness (QED) is 0.163. The molecule has 0 spiro atoms. The van der Waals surface area contributed by atoms with Crippen molar-refractivity contribution in [1.82, 2.24) is 5.01 Å². The molecule has 0 radical (unpaired) electrons. The van der Waals surface area contributed by atoms with E-state index in [9.17, 15) is 20.1 Å². The summed E-state index contributed by atoms with van der Waals surface area (Å²) in [5.41, 5.74) is 0.